The molecule has 2 saturated heterocycles. The van der Waals surface area contributed by atoms with Crippen LogP contribution in [0.15, 0.2) is 18.2 Å². The molecule has 4 rings (SSSR count). The van der Waals surface area contributed by atoms with Crippen molar-refractivity contribution in [1.82, 2.24) is 10.2 Å². The Labute approximate surface area is 170 Å². The Kier molecular flexibility index (Phi) is 4.55. The Morgan fingerprint density at radius 1 is 1.18 bits per heavy atom. The summed E-state index contributed by atoms with van der Waals surface area (Å²) in [7, 11) is 0. The number of anilines is 1. The average molecular weight is 404 g/mol. The van der Waals surface area contributed by atoms with Crippen molar-refractivity contribution in [2.75, 3.05) is 5.32 Å². The van der Waals surface area contributed by atoms with E-state index in [2.05, 4.69) is 24.5 Å². The second kappa shape index (κ2) is 6.56. The van der Waals surface area contributed by atoms with Crippen LogP contribution in [0.4, 0.5) is 5.69 Å². The Morgan fingerprint density at radius 3 is 2.54 bits per heavy atom. The number of likely N-dealkylation sites (tertiary alicyclic amines) is 1. The fourth-order valence-corrected chi connectivity index (χ4v) is 5.30. The molecule has 0 bridgehead atoms. The van der Waals surface area contributed by atoms with Crippen LogP contribution in [0, 0.1) is 17.8 Å². The third-order valence-corrected chi connectivity index (χ3v) is 6.70. The van der Waals surface area contributed by atoms with Gasteiger partial charge in [-0.05, 0) is 43.9 Å². The molecule has 5 atom stereocenters. The molecule has 1 aromatic rings. The first-order valence-corrected chi connectivity index (χ1v) is 10.4. The van der Waals surface area contributed by atoms with Crippen molar-refractivity contribution < 1.29 is 14.4 Å². The standard InChI is InChI=1S/C21H26ClN3O3/c1-5-11(4)25-18(26)16-15(8-10(2)3)24-21(17(16)19(25)27)13-9-12(22)6-7-14(13)23-20(21)28/h6-7,9-11,15-17,24H,5,8H2,1-4H3,(H,23,28)/t11-,15-,16+,17-,21+/m0/s1. The molecular formula is C21H26ClN3O3. The number of hydrogen-bond donors (Lipinski definition) is 2. The Morgan fingerprint density at radius 2 is 1.89 bits per heavy atom. The Bertz CT molecular complexity index is 870. The van der Waals surface area contributed by atoms with Crippen molar-refractivity contribution >= 4 is 35.0 Å². The monoisotopic (exact) mass is 403 g/mol. The second-order valence-corrected chi connectivity index (χ2v) is 9.08. The van der Waals surface area contributed by atoms with Gasteiger partial charge in [-0.15, -0.1) is 0 Å². The van der Waals surface area contributed by atoms with Crippen LogP contribution >= 0.6 is 11.6 Å². The first-order chi connectivity index (χ1) is 13.2. The minimum Gasteiger partial charge on any atom is -0.324 e. The predicted molar refractivity (Wildman–Crippen MR) is 107 cm³/mol. The van der Waals surface area contributed by atoms with Crippen LogP contribution in [-0.4, -0.2) is 34.7 Å². The third kappa shape index (κ3) is 2.47. The van der Waals surface area contributed by atoms with Crippen LogP contribution in [0.5, 0.6) is 0 Å². The number of carbonyl (C=O) groups excluding carboxylic acids is 3. The van der Waals surface area contributed by atoms with Gasteiger partial charge in [0.05, 0.1) is 11.8 Å². The largest absolute Gasteiger partial charge is 0.324 e. The molecule has 150 valence electrons. The second-order valence-electron chi connectivity index (χ2n) is 8.64. The normalized spacial score (nSPS) is 32.3. The molecule has 3 aliphatic rings. The number of amides is 3. The number of hydrogen-bond acceptors (Lipinski definition) is 4. The predicted octanol–water partition coefficient (Wildman–Crippen LogP) is 2.91. The molecule has 7 heteroatoms. The molecule has 3 aliphatic heterocycles. The van der Waals surface area contributed by atoms with Crippen molar-refractivity contribution in [2.24, 2.45) is 17.8 Å². The molecule has 1 spiro atoms. The number of fused-ring (bicyclic) bond motifs is 4. The number of rotatable bonds is 4. The number of carbonyl (C=O) groups is 3. The quantitative estimate of drug-likeness (QED) is 0.757. The van der Waals surface area contributed by atoms with Crippen LogP contribution in [0.2, 0.25) is 5.02 Å². The summed E-state index contributed by atoms with van der Waals surface area (Å²) in [5, 5.41) is 6.82. The van der Waals surface area contributed by atoms with E-state index in [0.29, 0.717) is 35.0 Å². The molecular weight excluding hydrogens is 378 g/mol. The molecule has 2 N–H and O–H groups in total. The summed E-state index contributed by atoms with van der Waals surface area (Å²) in [5.74, 6) is -1.68. The van der Waals surface area contributed by atoms with E-state index in [0.717, 1.165) is 0 Å². The molecule has 2 fully saturated rings. The van der Waals surface area contributed by atoms with Crippen molar-refractivity contribution in [2.45, 2.75) is 58.2 Å². The summed E-state index contributed by atoms with van der Waals surface area (Å²) in [6, 6.07) is 4.77. The van der Waals surface area contributed by atoms with Gasteiger partial charge < -0.3 is 5.32 Å². The van der Waals surface area contributed by atoms with Gasteiger partial charge >= 0.3 is 0 Å². The topological polar surface area (TPSA) is 78.5 Å². The van der Waals surface area contributed by atoms with Crippen molar-refractivity contribution in [3.8, 4) is 0 Å². The summed E-state index contributed by atoms with van der Waals surface area (Å²) in [6.07, 6.45) is 1.39. The van der Waals surface area contributed by atoms with Gasteiger partial charge in [-0.25, -0.2) is 0 Å². The van der Waals surface area contributed by atoms with Gasteiger partial charge in [0.15, 0.2) is 0 Å². The van der Waals surface area contributed by atoms with Gasteiger partial charge in [0.25, 0.3) is 0 Å². The molecule has 3 amide bonds. The van der Waals surface area contributed by atoms with Gasteiger partial charge in [0.2, 0.25) is 17.7 Å². The molecule has 1 aromatic carbocycles. The highest BCUT2D eigenvalue weighted by molar-refractivity contribution is 6.31. The van der Waals surface area contributed by atoms with E-state index in [-0.39, 0.29) is 29.8 Å². The summed E-state index contributed by atoms with van der Waals surface area (Å²) in [5.41, 5.74) is 0.0610. The maximum Gasteiger partial charge on any atom is 0.250 e. The maximum atomic E-state index is 13.5. The van der Waals surface area contributed by atoms with Gasteiger partial charge in [-0.2, -0.15) is 0 Å². The van der Waals surface area contributed by atoms with Gasteiger partial charge in [-0.3, -0.25) is 24.6 Å². The van der Waals surface area contributed by atoms with E-state index < -0.39 is 17.4 Å². The highest BCUT2D eigenvalue weighted by Crippen LogP contribution is 2.54. The summed E-state index contributed by atoms with van der Waals surface area (Å²) < 4.78 is 0. The van der Waals surface area contributed by atoms with E-state index in [1.165, 1.54) is 4.90 Å². The van der Waals surface area contributed by atoms with Crippen molar-refractivity contribution in [1.29, 1.82) is 0 Å². The molecule has 28 heavy (non-hydrogen) atoms. The minimum atomic E-state index is -1.25. The first kappa shape index (κ1) is 19.4. The van der Waals surface area contributed by atoms with E-state index in [4.69, 9.17) is 11.6 Å². The summed E-state index contributed by atoms with van der Waals surface area (Å²) in [4.78, 5) is 41.4. The number of imide groups is 1. The van der Waals surface area contributed by atoms with Crippen molar-refractivity contribution in [3.05, 3.63) is 28.8 Å². The molecule has 0 unspecified atom stereocenters. The molecule has 0 saturated carbocycles. The fraction of sp³-hybridized carbons (Fsp3) is 0.571. The molecule has 0 radical (unpaired) electrons. The van der Waals surface area contributed by atoms with E-state index >= 15 is 0 Å². The Hall–Kier alpha value is -1.92. The zero-order valence-electron chi connectivity index (χ0n) is 16.6. The first-order valence-electron chi connectivity index (χ1n) is 9.98. The zero-order chi connectivity index (χ0) is 20.4. The van der Waals surface area contributed by atoms with Gasteiger partial charge in [0, 0.05) is 28.4 Å². The zero-order valence-corrected chi connectivity index (χ0v) is 17.3. The van der Waals surface area contributed by atoms with Crippen LogP contribution in [0.3, 0.4) is 0 Å². The number of nitrogens with zero attached hydrogens (tertiary/aromatic N) is 1. The van der Waals surface area contributed by atoms with E-state index in [1.807, 2.05) is 13.8 Å². The fourth-order valence-electron chi connectivity index (χ4n) is 5.12. The maximum absolute atomic E-state index is 13.5. The Balaban J connectivity index is 1.89. The molecule has 0 aliphatic carbocycles. The third-order valence-electron chi connectivity index (χ3n) is 6.47. The summed E-state index contributed by atoms with van der Waals surface area (Å²) in [6.45, 7) is 7.99. The lowest BCUT2D eigenvalue weighted by atomic mass is 9.76. The van der Waals surface area contributed by atoms with Crippen LogP contribution in [0.25, 0.3) is 0 Å². The van der Waals surface area contributed by atoms with Crippen molar-refractivity contribution in [3.63, 3.8) is 0 Å². The molecule has 0 aromatic heterocycles. The van der Waals surface area contributed by atoms with Gasteiger partial charge in [-0.1, -0.05) is 32.4 Å². The lowest BCUT2D eigenvalue weighted by Gasteiger charge is -2.31. The van der Waals surface area contributed by atoms with Crippen LogP contribution in [0.1, 0.15) is 46.1 Å². The number of nitrogens with one attached hydrogen (secondary N) is 2. The minimum absolute atomic E-state index is 0.164. The smallest absolute Gasteiger partial charge is 0.250 e. The average Bonchev–Trinajstić information content (AvgIpc) is 3.20. The lowest BCUT2D eigenvalue weighted by molar-refractivity contribution is -0.145. The van der Waals surface area contributed by atoms with E-state index in [1.54, 1.807) is 18.2 Å². The van der Waals surface area contributed by atoms with Crippen LogP contribution < -0.4 is 10.6 Å². The molecule has 3 heterocycles. The van der Waals surface area contributed by atoms with Crippen LogP contribution in [-0.2, 0) is 19.9 Å². The lowest BCUT2D eigenvalue weighted by Crippen LogP contribution is -2.54. The number of halogens is 1. The highest BCUT2D eigenvalue weighted by atomic mass is 35.5. The van der Waals surface area contributed by atoms with E-state index in [9.17, 15) is 14.4 Å². The van der Waals surface area contributed by atoms with Gasteiger partial charge in [0.1, 0.15) is 5.54 Å². The highest BCUT2D eigenvalue weighted by Gasteiger charge is 2.70. The SMILES string of the molecule is CC[C@H](C)N1C(=O)[C@@H]2[C@H](CC(C)C)N[C@@]3(C(=O)Nc4ccc(Cl)cc43)[C@@H]2C1=O. The summed E-state index contributed by atoms with van der Waals surface area (Å²) >= 11 is 6.23. The number of benzene rings is 1. The molecule has 6 nitrogen and oxygen atoms in total.